The van der Waals surface area contributed by atoms with Crippen LogP contribution in [0.3, 0.4) is 0 Å². The van der Waals surface area contributed by atoms with E-state index in [0.29, 0.717) is 18.3 Å². The van der Waals surface area contributed by atoms with Crippen molar-refractivity contribution in [3.63, 3.8) is 0 Å². The maximum absolute atomic E-state index is 9.94. The van der Waals surface area contributed by atoms with E-state index in [1.54, 1.807) is 6.07 Å². The van der Waals surface area contributed by atoms with Gasteiger partial charge in [0, 0.05) is 12.1 Å². The van der Waals surface area contributed by atoms with Gasteiger partial charge in [0.05, 0.1) is 6.54 Å². The molecule has 1 aromatic heterocycles. The first-order valence-corrected chi connectivity index (χ1v) is 7.15. The molecule has 2 aromatic carbocycles. The molecule has 0 radical (unpaired) electrons. The van der Waals surface area contributed by atoms with E-state index in [4.69, 9.17) is 4.42 Å². The van der Waals surface area contributed by atoms with E-state index in [1.807, 2.05) is 42.5 Å². The second-order valence-electron chi connectivity index (χ2n) is 5.01. The fraction of sp³-hybridized carbons (Fsp3) is 0.235. The molecule has 0 fully saturated rings. The molecule has 0 aliphatic rings. The van der Waals surface area contributed by atoms with Crippen LogP contribution in [0.1, 0.15) is 18.9 Å². The molecule has 1 heterocycles. The molecule has 0 bridgehead atoms. The first-order chi connectivity index (χ1) is 10.3. The molecule has 0 saturated carbocycles. The zero-order valence-electron chi connectivity index (χ0n) is 12.0. The Morgan fingerprint density at radius 3 is 2.62 bits per heavy atom. The molecule has 21 heavy (non-hydrogen) atoms. The van der Waals surface area contributed by atoms with Gasteiger partial charge in [0.25, 0.3) is 6.01 Å². The summed E-state index contributed by atoms with van der Waals surface area (Å²) in [6.07, 6.45) is 0.978. The number of anilines is 1. The number of nitrogens with zero attached hydrogens (tertiary/aromatic N) is 2. The number of hydrogen-bond donors (Lipinski definition) is 1. The lowest BCUT2D eigenvalue weighted by Gasteiger charge is -2.20. The van der Waals surface area contributed by atoms with Gasteiger partial charge in [-0.3, -0.25) is 0 Å². The third kappa shape index (κ3) is 2.84. The highest BCUT2D eigenvalue weighted by atomic mass is 16.4. The van der Waals surface area contributed by atoms with E-state index in [-0.39, 0.29) is 0 Å². The Hall–Kier alpha value is -2.49. The number of benzene rings is 2. The molecule has 1 N–H and O–H groups in total. The van der Waals surface area contributed by atoms with Gasteiger partial charge in [-0.25, -0.2) is 0 Å². The first-order valence-electron chi connectivity index (χ1n) is 7.15. The summed E-state index contributed by atoms with van der Waals surface area (Å²) in [6, 6.07) is 15.7. The lowest BCUT2D eigenvalue weighted by Crippen LogP contribution is -2.23. The van der Waals surface area contributed by atoms with Crippen LogP contribution in [0.4, 0.5) is 6.01 Å². The highest BCUT2D eigenvalue weighted by Gasteiger charge is 2.15. The number of aromatic nitrogens is 1. The van der Waals surface area contributed by atoms with Gasteiger partial charge in [0.2, 0.25) is 0 Å². The van der Waals surface area contributed by atoms with Crippen LogP contribution < -0.4 is 4.90 Å². The summed E-state index contributed by atoms with van der Waals surface area (Å²) >= 11 is 0. The van der Waals surface area contributed by atoms with Crippen LogP contribution in [-0.2, 0) is 6.54 Å². The number of phenols is 1. The van der Waals surface area contributed by atoms with Gasteiger partial charge in [0.1, 0.15) is 11.3 Å². The molecule has 3 rings (SSSR count). The van der Waals surface area contributed by atoms with Crippen molar-refractivity contribution in [3.8, 4) is 5.75 Å². The number of hydrogen-bond acceptors (Lipinski definition) is 4. The van der Waals surface area contributed by atoms with Gasteiger partial charge in [-0.15, -0.1) is 0 Å². The van der Waals surface area contributed by atoms with Crippen LogP contribution in [0.25, 0.3) is 11.1 Å². The zero-order valence-corrected chi connectivity index (χ0v) is 12.0. The minimum Gasteiger partial charge on any atom is -0.508 e. The Morgan fingerprint density at radius 1 is 1.10 bits per heavy atom. The summed E-state index contributed by atoms with van der Waals surface area (Å²) in [5.41, 5.74) is 2.50. The number of oxazole rings is 1. The standard InChI is InChI=1S/C17H18N2O2/c1-2-11-19(12-13-7-3-5-9-15(13)20)17-18-14-8-4-6-10-16(14)21-17/h3-10,20H,2,11-12H2,1H3. The minimum atomic E-state index is 0.301. The average Bonchev–Trinajstić information content (AvgIpc) is 2.93. The fourth-order valence-electron chi connectivity index (χ4n) is 2.36. The van der Waals surface area contributed by atoms with Crippen LogP contribution in [0, 0.1) is 0 Å². The fourth-order valence-corrected chi connectivity index (χ4v) is 2.36. The maximum Gasteiger partial charge on any atom is 0.298 e. The van der Waals surface area contributed by atoms with E-state index in [1.165, 1.54) is 0 Å². The molecule has 108 valence electrons. The Kier molecular flexibility index (Phi) is 3.77. The van der Waals surface area contributed by atoms with Crippen LogP contribution in [0.2, 0.25) is 0 Å². The van der Waals surface area contributed by atoms with Crippen LogP contribution in [0.5, 0.6) is 5.75 Å². The smallest absolute Gasteiger partial charge is 0.298 e. The molecule has 0 aliphatic heterocycles. The maximum atomic E-state index is 9.94. The number of phenolic OH excluding ortho intramolecular Hbond substituents is 1. The van der Waals surface area contributed by atoms with Crippen LogP contribution >= 0.6 is 0 Å². The lowest BCUT2D eigenvalue weighted by molar-refractivity contribution is 0.465. The summed E-state index contributed by atoms with van der Waals surface area (Å²) in [5.74, 6) is 0.301. The van der Waals surface area contributed by atoms with Crippen molar-refractivity contribution < 1.29 is 9.52 Å². The molecule has 0 aliphatic carbocycles. The van der Waals surface area contributed by atoms with Crippen molar-refractivity contribution in [2.45, 2.75) is 19.9 Å². The quantitative estimate of drug-likeness (QED) is 0.769. The van der Waals surface area contributed by atoms with Crippen molar-refractivity contribution in [3.05, 3.63) is 54.1 Å². The molecule has 0 saturated heterocycles. The second-order valence-corrected chi connectivity index (χ2v) is 5.01. The summed E-state index contributed by atoms with van der Waals surface area (Å²) in [7, 11) is 0. The summed E-state index contributed by atoms with van der Waals surface area (Å²) in [6.45, 7) is 3.51. The zero-order chi connectivity index (χ0) is 14.7. The largest absolute Gasteiger partial charge is 0.508 e. The first kappa shape index (κ1) is 13.5. The molecule has 0 spiro atoms. The topological polar surface area (TPSA) is 49.5 Å². The Bertz CT molecular complexity index is 703. The summed E-state index contributed by atoms with van der Waals surface area (Å²) in [4.78, 5) is 6.59. The highest BCUT2D eigenvalue weighted by molar-refractivity contribution is 5.74. The van der Waals surface area contributed by atoms with E-state index in [2.05, 4.69) is 16.8 Å². The second kappa shape index (κ2) is 5.87. The molecule has 0 amide bonds. The predicted octanol–water partition coefficient (Wildman–Crippen LogP) is 3.95. The molecule has 4 heteroatoms. The monoisotopic (exact) mass is 282 g/mol. The lowest BCUT2D eigenvalue weighted by atomic mass is 10.2. The Morgan fingerprint density at radius 2 is 1.86 bits per heavy atom. The van der Waals surface area contributed by atoms with Crippen molar-refractivity contribution in [1.29, 1.82) is 0 Å². The summed E-state index contributed by atoms with van der Waals surface area (Å²) in [5, 5.41) is 9.94. The number of para-hydroxylation sites is 3. The highest BCUT2D eigenvalue weighted by Crippen LogP contribution is 2.25. The third-order valence-corrected chi connectivity index (χ3v) is 3.40. The predicted molar refractivity (Wildman–Crippen MR) is 83.5 cm³/mol. The van der Waals surface area contributed by atoms with E-state index >= 15 is 0 Å². The van der Waals surface area contributed by atoms with Crippen molar-refractivity contribution in [2.24, 2.45) is 0 Å². The van der Waals surface area contributed by atoms with Gasteiger partial charge in [-0.1, -0.05) is 37.3 Å². The summed E-state index contributed by atoms with van der Waals surface area (Å²) < 4.78 is 5.83. The average molecular weight is 282 g/mol. The molecule has 0 unspecified atom stereocenters. The molecular weight excluding hydrogens is 264 g/mol. The van der Waals surface area contributed by atoms with Crippen molar-refractivity contribution >= 4 is 17.1 Å². The number of fused-ring (bicyclic) bond motifs is 1. The Balaban J connectivity index is 1.92. The van der Waals surface area contributed by atoms with E-state index in [9.17, 15) is 5.11 Å². The molecular formula is C17H18N2O2. The van der Waals surface area contributed by atoms with Crippen LogP contribution in [0.15, 0.2) is 52.9 Å². The van der Waals surface area contributed by atoms with Gasteiger partial charge in [-0.2, -0.15) is 4.98 Å². The molecule has 4 nitrogen and oxygen atoms in total. The van der Waals surface area contributed by atoms with E-state index < -0.39 is 0 Å². The van der Waals surface area contributed by atoms with Crippen molar-refractivity contribution in [1.82, 2.24) is 4.98 Å². The van der Waals surface area contributed by atoms with Gasteiger partial charge in [0.15, 0.2) is 5.58 Å². The van der Waals surface area contributed by atoms with Gasteiger partial charge < -0.3 is 14.4 Å². The van der Waals surface area contributed by atoms with Crippen molar-refractivity contribution in [2.75, 3.05) is 11.4 Å². The third-order valence-electron chi connectivity index (χ3n) is 3.40. The Labute approximate surface area is 123 Å². The molecule has 0 atom stereocenters. The van der Waals surface area contributed by atoms with Gasteiger partial charge >= 0.3 is 0 Å². The van der Waals surface area contributed by atoms with Gasteiger partial charge in [-0.05, 0) is 24.6 Å². The normalized spacial score (nSPS) is 10.9. The van der Waals surface area contributed by atoms with Crippen LogP contribution in [-0.4, -0.2) is 16.6 Å². The van der Waals surface area contributed by atoms with E-state index in [0.717, 1.165) is 29.6 Å². The SMILES string of the molecule is CCCN(Cc1ccccc1O)c1nc2ccccc2o1. The number of rotatable bonds is 5. The number of aromatic hydroxyl groups is 1. The minimum absolute atomic E-state index is 0.301. The molecule has 3 aromatic rings.